The Morgan fingerprint density at radius 1 is 0.394 bits per heavy atom. The van der Waals surface area contributed by atoms with E-state index in [9.17, 15) is 0 Å². The summed E-state index contributed by atoms with van der Waals surface area (Å²) in [6.07, 6.45) is 4.39. The number of aryl methyl sites for hydroxylation is 1. The summed E-state index contributed by atoms with van der Waals surface area (Å²) in [6.45, 7) is 2.14. The summed E-state index contributed by atoms with van der Waals surface area (Å²) < 4.78 is 0. The van der Waals surface area contributed by atoms with Crippen LogP contribution in [0.2, 0.25) is 0 Å². The van der Waals surface area contributed by atoms with Gasteiger partial charge in [0.2, 0.25) is 0 Å². The van der Waals surface area contributed by atoms with Crippen LogP contribution in [-0.4, -0.2) is 0 Å². The van der Waals surface area contributed by atoms with Crippen LogP contribution >= 0.6 is 0 Å². The standard InChI is InChI=1S/C33H24/c1-23-6-11-30-21-32(16-14-28(30)18-23)33-17-15-29-20-25(10-13-31(29)22-33)8-7-24-9-12-26-4-2-3-5-27(26)19-24/h2-22H,1H3/b8-7+. The summed E-state index contributed by atoms with van der Waals surface area (Å²) in [4.78, 5) is 0. The van der Waals surface area contributed by atoms with Crippen LogP contribution in [0.1, 0.15) is 16.7 Å². The molecule has 0 heteroatoms. The van der Waals surface area contributed by atoms with Gasteiger partial charge in [-0.3, -0.25) is 0 Å². The Hall–Kier alpha value is -4.16. The fraction of sp³-hybridized carbons (Fsp3) is 0.0303. The third kappa shape index (κ3) is 3.92. The van der Waals surface area contributed by atoms with Crippen molar-refractivity contribution >= 4 is 44.5 Å². The highest BCUT2D eigenvalue weighted by molar-refractivity contribution is 5.93. The van der Waals surface area contributed by atoms with Crippen molar-refractivity contribution in [1.82, 2.24) is 0 Å². The summed E-state index contributed by atoms with van der Waals surface area (Å²) in [5.74, 6) is 0. The van der Waals surface area contributed by atoms with Crippen LogP contribution < -0.4 is 0 Å². The molecule has 0 spiro atoms. The summed E-state index contributed by atoms with van der Waals surface area (Å²) in [5, 5.41) is 7.65. The lowest BCUT2D eigenvalue weighted by Crippen LogP contribution is -1.82. The van der Waals surface area contributed by atoms with Crippen molar-refractivity contribution in [3.8, 4) is 11.1 Å². The minimum atomic E-state index is 1.21. The maximum Gasteiger partial charge on any atom is -0.0177 e. The molecule has 6 aromatic carbocycles. The largest absolute Gasteiger partial charge is 0.0616 e. The average molecular weight is 421 g/mol. The van der Waals surface area contributed by atoms with E-state index in [0.717, 1.165) is 0 Å². The van der Waals surface area contributed by atoms with Crippen LogP contribution in [0.3, 0.4) is 0 Å². The molecule has 0 heterocycles. The normalized spacial score (nSPS) is 11.7. The van der Waals surface area contributed by atoms with Crippen LogP contribution in [0.25, 0.3) is 55.6 Å². The van der Waals surface area contributed by atoms with E-state index in [-0.39, 0.29) is 0 Å². The lowest BCUT2D eigenvalue weighted by atomic mass is 9.97. The van der Waals surface area contributed by atoms with Gasteiger partial charge < -0.3 is 0 Å². The molecule has 0 radical (unpaired) electrons. The first-order valence-electron chi connectivity index (χ1n) is 11.4. The molecule has 0 nitrogen and oxygen atoms in total. The van der Waals surface area contributed by atoms with Gasteiger partial charge >= 0.3 is 0 Å². The smallest absolute Gasteiger partial charge is 0.0177 e. The lowest BCUT2D eigenvalue weighted by molar-refractivity contribution is 1.50. The molecule has 0 aromatic heterocycles. The number of hydrogen-bond donors (Lipinski definition) is 0. The van der Waals surface area contributed by atoms with E-state index < -0.39 is 0 Å². The van der Waals surface area contributed by atoms with Crippen molar-refractivity contribution in [3.63, 3.8) is 0 Å². The topological polar surface area (TPSA) is 0 Å². The molecule has 6 rings (SSSR count). The molecule has 0 bridgehead atoms. The van der Waals surface area contributed by atoms with Crippen molar-refractivity contribution in [3.05, 3.63) is 132 Å². The number of fused-ring (bicyclic) bond motifs is 3. The summed E-state index contributed by atoms with van der Waals surface area (Å²) in [5.41, 5.74) is 6.24. The molecule has 0 N–H and O–H groups in total. The summed E-state index contributed by atoms with van der Waals surface area (Å²) >= 11 is 0. The summed E-state index contributed by atoms with van der Waals surface area (Å²) in [7, 11) is 0. The fourth-order valence-corrected chi connectivity index (χ4v) is 4.60. The van der Waals surface area contributed by atoms with E-state index in [4.69, 9.17) is 0 Å². The molecule has 0 aliphatic heterocycles. The van der Waals surface area contributed by atoms with Gasteiger partial charge in [-0.2, -0.15) is 0 Å². The highest BCUT2D eigenvalue weighted by atomic mass is 14.1. The highest BCUT2D eigenvalue weighted by Crippen LogP contribution is 2.29. The Morgan fingerprint density at radius 2 is 0.848 bits per heavy atom. The highest BCUT2D eigenvalue weighted by Gasteiger charge is 2.03. The van der Waals surface area contributed by atoms with E-state index in [0.29, 0.717) is 0 Å². The van der Waals surface area contributed by atoms with Crippen LogP contribution in [0.5, 0.6) is 0 Å². The predicted molar refractivity (Wildman–Crippen MR) is 145 cm³/mol. The van der Waals surface area contributed by atoms with E-state index in [2.05, 4.69) is 134 Å². The van der Waals surface area contributed by atoms with Crippen LogP contribution in [-0.2, 0) is 0 Å². The van der Waals surface area contributed by atoms with Gasteiger partial charge in [0.15, 0.2) is 0 Å². The van der Waals surface area contributed by atoms with E-state index in [1.165, 1.54) is 60.1 Å². The number of benzene rings is 6. The molecular weight excluding hydrogens is 396 g/mol. The van der Waals surface area contributed by atoms with E-state index in [1.54, 1.807) is 0 Å². The predicted octanol–water partition coefficient (Wildman–Crippen LogP) is 9.29. The van der Waals surface area contributed by atoms with Gasteiger partial charge in [-0.25, -0.2) is 0 Å². The van der Waals surface area contributed by atoms with Gasteiger partial charge in [0.1, 0.15) is 0 Å². The Labute approximate surface area is 194 Å². The molecule has 0 saturated carbocycles. The molecule has 0 saturated heterocycles. The van der Waals surface area contributed by atoms with Crippen molar-refractivity contribution in [2.24, 2.45) is 0 Å². The van der Waals surface area contributed by atoms with Gasteiger partial charge in [0.05, 0.1) is 0 Å². The third-order valence-electron chi connectivity index (χ3n) is 6.44. The van der Waals surface area contributed by atoms with Crippen LogP contribution in [0.15, 0.2) is 115 Å². The Balaban J connectivity index is 1.30. The van der Waals surface area contributed by atoms with Crippen LogP contribution in [0, 0.1) is 6.92 Å². The van der Waals surface area contributed by atoms with Gasteiger partial charge in [-0.05, 0) is 85.8 Å². The Bertz CT molecular complexity index is 1670. The van der Waals surface area contributed by atoms with Gasteiger partial charge in [-0.15, -0.1) is 0 Å². The molecule has 33 heavy (non-hydrogen) atoms. The van der Waals surface area contributed by atoms with Crippen LogP contribution in [0.4, 0.5) is 0 Å². The molecule has 0 fully saturated rings. The molecule has 6 aromatic rings. The second-order valence-electron chi connectivity index (χ2n) is 8.83. The number of hydrogen-bond acceptors (Lipinski definition) is 0. The van der Waals surface area contributed by atoms with E-state index >= 15 is 0 Å². The third-order valence-corrected chi connectivity index (χ3v) is 6.44. The SMILES string of the molecule is Cc1ccc2cc(-c3ccc4cc(/C=C/c5ccc6ccccc6c5)ccc4c3)ccc2c1. The monoisotopic (exact) mass is 420 g/mol. The lowest BCUT2D eigenvalue weighted by Gasteiger charge is -2.07. The number of rotatable bonds is 3. The Morgan fingerprint density at radius 3 is 1.52 bits per heavy atom. The fourth-order valence-electron chi connectivity index (χ4n) is 4.60. The second-order valence-corrected chi connectivity index (χ2v) is 8.83. The zero-order valence-corrected chi connectivity index (χ0v) is 18.6. The first-order valence-corrected chi connectivity index (χ1v) is 11.4. The average Bonchev–Trinajstić information content (AvgIpc) is 2.86. The molecule has 0 atom stereocenters. The quantitative estimate of drug-likeness (QED) is 0.250. The molecule has 0 aliphatic carbocycles. The minimum absolute atomic E-state index is 1.21. The molecule has 0 unspecified atom stereocenters. The molecule has 0 aliphatic rings. The van der Waals surface area contributed by atoms with E-state index in [1.807, 2.05) is 0 Å². The zero-order valence-electron chi connectivity index (χ0n) is 18.6. The van der Waals surface area contributed by atoms with Gasteiger partial charge in [0, 0.05) is 0 Å². The molecular formula is C33H24. The maximum atomic E-state index is 2.29. The minimum Gasteiger partial charge on any atom is -0.0616 e. The van der Waals surface area contributed by atoms with Gasteiger partial charge in [0.25, 0.3) is 0 Å². The second kappa shape index (κ2) is 8.07. The first kappa shape index (κ1) is 19.5. The van der Waals surface area contributed by atoms with Crippen molar-refractivity contribution in [1.29, 1.82) is 0 Å². The van der Waals surface area contributed by atoms with Gasteiger partial charge in [-0.1, -0.05) is 109 Å². The van der Waals surface area contributed by atoms with Crippen molar-refractivity contribution in [2.45, 2.75) is 6.92 Å². The Kier molecular flexibility index (Phi) is 4.78. The first-order chi connectivity index (χ1) is 16.2. The van der Waals surface area contributed by atoms with Crippen molar-refractivity contribution in [2.75, 3.05) is 0 Å². The summed E-state index contributed by atoms with van der Waals surface area (Å²) in [6, 6.07) is 41.9. The molecule has 156 valence electrons. The zero-order chi connectivity index (χ0) is 22.2. The van der Waals surface area contributed by atoms with Crippen molar-refractivity contribution < 1.29 is 0 Å². The molecule has 0 amide bonds. The maximum absolute atomic E-state index is 2.29.